The third-order valence-corrected chi connectivity index (χ3v) is 5.06. The second-order valence-corrected chi connectivity index (χ2v) is 6.74. The maximum absolute atomic E-state index is 5.66. The van der Waals surface area contributed by atoms with Gasteiger partial charge in [-0.05, 0) is 30.4 Å². The molecule has 4 nitrogen and oxygen atoms in total. The Labute approximate surface area is 146 Å². The summed E-state index contributed by atoms with van der Waals surface area (Å²) in [6, 6.07) is 9.80. The monoisotopic (exact) mass is 339 g/mol. The zero-order valence-electron chi connectivity index (χ0n) is 14.3. The molecule has 1 aliphatic heterocycles. The Bertz CT molecular complexity index is 477. The smallest absolute Gasteiger partial charge is 0.0623 e. The molecule has 1 heterocycles. The van der Waals surface area contributed by atoms with Crippen LogP contribution < -0.4 is 15.5 Å². The molecule has 0 aromatic heterocycles. The molecule has 130 valence electrons. The van der Waals surface area contributed by atoms with Gasteiger partial charge in [0.15, 0.2) is 0 Å². The van der Waals surface area contributed by atoms with Gasteiger partial charge in [0.1, 0.15) is 0 Å². The summed E-state index contributed by atoms with van der Waals surface area (Å²) in [4.78, 5) is 2.19. The maximum atomic E-state index is 5.66. The minimum Gasteiger partial charge on any atom is -0.379 e. The van der Waals surface area contributed by atoms with E-state index in [9.17, 15) is 0 Å². The minimum absolute atomic E-state index is 0. The molecule has 2 fully saturated rings. The number of rotatable bonds is 5. The molecule has 23 heavy (non-hydrogen) atoms. The molecule has 0 radical (unpaired) electrons. The average Bonchev–Trinajstić information content (AvgIpc) is 3.02. The molecule has 1 aliphatic carbocycles. The van der Waals surface area contributed by atoms with Crippen LogP contribution in [-0.2, 0) is 11.3 Å². The normalized spacial score (nSPS) is 27.5. The predicted octanol–water partition coefficient (Wildman–Crippen LogP) is 2.42. The van der Waals surface area contributed by atoms with Crippen LogP contribution in [0.3, 0.4) is 0 Å². The fraction of sp³-hybridized carbons (Fsp3) is 0.667. The number of para-hydroxylation sites is 1. The number of benzene rings is 1. The number of morpholine rings is 1. The molecule has 5 heteroatoms. The first kappa shape index (κ1) is 18.5. The Morgan fingerprint density at radius 2 is 2.09 bits per heavy atom. The van der Waals surface area contributed by atoms with Gasteiger partial charge in [0.25, 0.3) is 0 Å². The van der Waals surface area contributed by atoms with E-state index in [1.54, 1.807) is 0 Å². The lowest BCUT2D eigenvalue weighted by Crippen LogP contribution is -2.50. The van der Waals surface area contributed by atoms with Gasteiger partial charge in [0.05, 0.1) is 13.2 Å². The van der Waals surface area contributed by atoms with E-state index in [1.807, 2.05) is 0 Å². The Morgan fingerprint density at radius 3 is 2.83 bits per heavy atom. The van der Waals surface area contributed by atoms with Crippen LogP contribution in [0.1, 0.15) is 24.8 Å². The average molecular weight is 340 g/mol. The molecule has 1 saturated carbocycles. The van der Waals surface area contributed by atoms with Crippen LogP contribution in [-0.4, -0.2) is 45.9 Å². The fourth-order valence-electron chi connectivity index (χ4n) is 3.92. The zero-order chi connectivity index (χ0) is 15.4. The molecule has 3 atom stereocenters. The SMILES string of the molecule is CN(C)c1ccccc1CNC1CCCC1C1COCCN1.Cl. The summed E-state index contributed by atoms with van der Waals surface area (Å²) in [6.07, 6.45) is 3.93. The molecule has 0 spiro atoms. The van der Waals surface area contributed by atoms with E-state index < -0.39 is 0 Å². The lowest BCUT2D eigenvalue weighted by Gasteiger charge is -2.33. The Balaban J connectivity index is 0.00000192. The van der Waals surface area contributed by atoms with Crippen LogP contribution in [0.15, 0.2) is 24.3 Å². The van der Waals surface area contributed by atoms with Gasteiger partial charge >= 0.3 is 0 Å². The van der Waals surface area contributed by atoms with E-state index >= 15 is 0 Å². The minimum atomic E-state index is 0. The Morgan fingerprint density at radius 1 is 1.26 bits per heavy atom. The third kappa shape index (κ3) is 4.60. The highest BCUT2D eigenvalue weighted by atomic mass is 35.5. The molecule has 0 amide bonds. The molecule has 2 N–H and O–H groups in total. The number of ether oxygens (including phenoxy) is 1. The van der Waals surface area contributed by atoms with Crippen LogP contribution in [0.2, 0.25) is 0 Å². The number of hydrogen-bond donors (Lipinski definition) is 2. The quantitative estimate of drug-likeness (QED) is 0.864. The van der Waals surface area contributed by atoms with Gasteiger partial charge in [-0.2, -0.15) is 0 Å². The van der Waals surface area contributed by atoms with Crippen molar-refractivity contribution < 1.29 is 4.74 Å². The summed E-state index contributed by atoms with van der Waals surface area (Å²) in [5.41, 5.74) is 2.69. The summed E-state index contributed by atoms with van der Waals surface area (Å²) in [5, 5.41) is 7.46. The molecule has 1 aromatic carbocycles. The van der Waals surface area contributed by atoms with Gasteiger partial charge in [0.2, 0.25) is 0 Å². The van der Waals surface area contributed by atoms with Crippen LogP contribution in [0.5, 0.6) is 0 Å². The second kappa shape index (κ2) is 8.88. The molecule has 3 rings (SSSR count). The van der Waals surface area contributed by atoms with E-state index in [0.29, 0.717) is 18.0 Å². The maximum Gasteiger partial charge on any atom is 0.0623 e. The van der Waals surface area contributed by atoms with E-state index in [-0.39, 0.29) is 12.4 Å². The highest BCUT2D eigenvalue weighted by Crippen LogP contribution is 2.30. The Kier molecular flexibility index (Phi) is 7.15. The van der Waals surface area contributed by atoms with Gasteiger partial charge in [0, 0.05) is 45.0 Å². The molecular weight excluding hydrogens is 310 g/mol. The molecule has 1 aromatic rings. The van der Waals surface area contributed by atoms with Gasteiger partial charge in [-0.25, -0.2) is 0 Å². The topological polar surface area (TPSA) is 36.5 Å². The van der Waals surface area contributed by atoms with Gasteiger partial charge in [-0.15, -0.1) is 12.4 Å². The van der Waals surface area contributed by atoms with E-state index in [4.69, 9.17) is 4.74 Å². The molecular formula is C18H30ClN3O. The number of anilines is 1. The largest absolute Gasteiger partial charge is 0.379 e. The summed E-state index contributed by atoms with van der Waals surface area (Å²) in [5.74, 6) is 0.701. The van der Waals surface area contributed by atoms with Crippen LogP contribution in [0.25, 0.3) is 0 Å². The summed E-state index contributed by atoms with van der Waals surface area (Å²) in [6.45, 7) is 3.68. The first-order chi connectivity index (χ1) is 10.8. The van der Waals surface area contributed by atoms with Crippen molar-refractivity contribution >= 4 is 18.1 Å². The molecule has 0 bridgehead atoms. The standard InChI is InChI=1S/C18H29N3O.ClH/c1-21(2)18-9-4-3-6-14(18)12-20-16-8-5-7-15(16)17-13-22-11-10-19-17;/h3-4,6,9,15-17,19-20H,5,7-8,10-13H2,1-2H3;1H. The van der Waals surface area contributed by atoms with Crippen molar-refractivity contribution in [2.75, 3.05) is 38.8 Å². The van der Waals surface area contributed by atoms with Gasteiger partial charge in [-0.1, -0.05) is 24.6 Å². The Hall–Kier alpha value is -0.810. The lowest BCUT2D eigenvalue weighted by atomic mass is 9.94. The van der Waals surface area contributed by atoms with Crippen LogP contribution in [0.4, 0.5) is 5.69 Å². The highest BCUT2D eigenvalue weighted by molar-refractivity contribution is 5.85. The number of nitrogens with one attached hydrogen (secondary N) is 2. The second-order valence-electron chi connectivity index (χ2n) is 6.74. The van der Waals surface area contributed by atoms with E-state index in [0.717, 1.165) is 26.3 Å². The van der Waals surface area contributed by atoms with Gasteiger partial charge < -0.3 is 20.3 Å². The molecule has 2 aliphatic rings. The summed E-state index contributed by atoms with van der Waals surface area (Å²) >= 11 is 0. The van der Waals surface area contributed by atoms with E-state index in [2.05, 4.69) is 53.9 Å². The zero-order valence-corrected chi connectivity index (χ0v) is 15.1. The summed E-state index contributed by atoms with van der Waals surface area (Å²) in [7, 11) is 4.22. The van der Waals surface area contributed by atoms with Crippen molar-refractivity contribution in [3.05, 3.63) is 29.8 Å². The van der Waals surface area contributed by atoms with Gasteiger partial charge in [-0.3, -0.25) is 0 Å². The lowest BCUT2D eigenvalue weighted by molar-refractivity contribution is 0.0524. The highest BCUT2D eigenvalue weighted by Gasteiger charge is 2.34. The van der Waals surface area contributed by atoms with Crippen molar-refractivity contribution in [1.29, 1.82) is 0 Å². The summed E-state index contributed by atoms with van der Waals surface area (Å²) < 4.78 is 5.66. The first-order valence-corrected chi connectivity index (χ1v) is 8.55. The van der Waals surface area contributed by atoms with Crippen LogP contribution in [0, 0.1) is 5.92 Å². The molecule has 1 saturated heterocycles. The van der Waals surface area contributed by atoms with Crippen molar-refractivity contribution in [2.45, 2.75) is 37.9 Å². The van der Waals surface area contributed by atoms with Crippen molar-refractivity contribution in [3.8, 4) is 0 Å². The van der Waals surface area contributed by atoms with E-state index in [1.165, 1.54) is 30.5 Å². The van der Waals surface area contributed by atoms with Crippen molar-refractivity contribution in [1.82, 2.24) is 10.6 Å². The molecule has 3 unspecified atom stereocenters. The number of nitrogens with zero attached hydrogens (tertiary/aromatic N) is 1. The number of hydrogen-bond acceptors (Lipinski definition) is 4. The third-order valence-electron chi connectivity index (χ3n) is 5.06. The fourth-order valence-corrected chi connectivity index (χ4v) is 3.92. The number of halogens is 1. The van der Waals surface area contributed by atoms with Crippen molar-refractivity contribution in [3.63, 3.8) is 0 Å². The predicted molar refractivity (Wildman–Crippen MR) is 98.6 cm³/mol. The van der Waals surface area contributed by atoms with Crippen molar-refractivity contribution in [2.24, 2.45) is 5.92 Å². The van der Waals surface area contributed by atoms with Crippen LogP contribution >= 0.6 is 12.4 Å². The first-order valence-electron chi connectivity index (χ1n) is 8.55.